The average Bonchev–Trinajstić information content (AvgIpc) is 2.37. The van der Waals surface area contributed by atoms with E-state index < -0.39 is 0 Å². The van der Waals surface area contributed by atoms with E-state index in [1.165, 1.54) is 64.5 Å². The van der Waals surface area contributed by atoms with Crippen molar-refractivity contribution < 1.29 is 0 Å². The van der Waals surface area contributed by atoms with Gasteiger partial charge in [0, 0.05) is 12.1 Å². The van der Waals surface area contributed by atoms with E-state index in [-0.39, 0.29) is 0 Å². The second-order valence-corrected chi connectivity index (χ2v) is 7.31. The molecule has 0 spiro atoms. The summed E-state index contributed by atoms with van der Waals surface area (Å²) in [5.41, 5.74) is 0.599. The minimum absolute atomic E-state index is 0.599. The van der Waals surface area contributed by atoms with Crippen LogP contribution in [-0.4, -0.2) is 37.1 Å². The molecule has 1 heterocycles. The molecule has 1 N–H and O–H groups in total. The van der Waals surface area contributed by atoms with Crippen LogP contribution in [0.5, 0.6) is 0 Å². The summed E-state index contributed by atoms with van der Waals surface area (Å²) < 4.78 is 0. The highest BCUT2D eigenvalue weighted by atomic mass is 15.1. The number of rotatable bonds is 4. The Morgan fingerprint density at radius 2 is 1.83 bits per heavy atom. The number of hydrogen-bond acceptors (Lipinski definition) is 2. The molecular weight excluding hydrogens is 220 g/mol. The van der Waals surface area contributed by atoms with Crippen molar-refractivity contribution in [3.05, 3.63) is 0 Å². The number of hydrogen-bond donors (Lipinski definition) is 1. The maximum Gasteiger partial charge on any atom is 0.00926 e. The molecule has 0 aromatic heterocycles. The average molecular weight is 252 g/mol. The molecule has 0 bridgehead atoms. The van der Waals surface area contributed by atoms with Crippen LogP contribution in [0.15, 0.2) is 0 Å². The van der Waals surface area contributed by atoms with Crippen LogP contribution >= 0.6 is 0 Å². The summed E-state index contributed by atoms with van der Waals surface area (Å²) in [5, 5.41) is 3.66. The van der Waals surface area contributed by atoms with Gasteiger partial charge >= 0.3 is 0 Å². The van der Waals surface area contributed by atoms with Crippen LogP contribution in [0.3, 0.4) is 0 Å². The van der Waals surface area contributed by atoms with Crippen molar-refractivity contribution >= 4 is 0 Å². The zero-order valence-electron chi connectivity index (χ0n) is 12.7. The minimum Gasteiger partial charge on any atom is -0.314 e. The number of nitrogens with zero attached hydrogens (tertiary/aromatic N) is 1. The molecule has 1 atom stereocenters. The van der Waals surface area contributed by atoms with Crippen molar-refractivity contribution in [3.63, 3.8) is 0 Å². The molecule has 0 amide bonds. The largest absolute Gasteiger partial charge is 0.314 e. The highest BCUT2D eigenvalue weighted by Crippen LogP contribution is 2.36. The standard InChI is InChI=1S/C16H32N2/c1-16(2)10-7-15(8-11-16)18(3)13-9-14-6-4-5-12-17-14/h14-15,17H,4-13H2,1-3H3. The molecule has 2 rings (SSSR count). The predicted octanol–water partition coefficient (Wildman–Crippen LogP) is 3.42. The van der Waals surface area contributed by atoms with Crippen molar-refractivity contribution in [3.8, 4) is 0 Å². The van der Waals surface area contributed by atoms with Gasteiger partial charge in [-0.05, 0) is 70.5 Å². The fraction of sp³-hybridized carbons (Fsp3) is 1.00. The Bertz CT molecular complexity index is 233. The van der Waals surface area contributed by atoms with Crippen molar-refractivity contribution in [2.24, 2.45) is 5.41 Å². The van der Waals surface area contributed by atoms with E-state index in [9.17, 15) is 0 Å². The summed E-state index contributed by atoms with van der Waals surface area (Å²) in [6, 6.07) is 1.64. The first-order valence-corrected chi connectivity index (χ1v) is 8.00. The fourth-order valence-corrected chi connectivity index (χ4v) is 3.54. The van der Waals surface area contributed by atoms with E-state index in [2.05, 4.69) is 31.1 Å². The van der Waals surface area contributed by atoms with Crippen LogP contribution in [0.2, 0.25) is 0 Å². The first-order chi connectivity index (χ1) is 8.57. The molecule has 1 aliphatic carbocycles. The van der Waals surface area contributed by atoms with Crippen LogP contribution in [0, 0.1) is 5.41 Å². The van der Waals surface area contributed by atoms with Gasteiger partial charge < -0.3 is 10.2 Å². The third kappa shape index (κ3) is 4.24. The maximum absolute atomic E-state index is 3.66. The lowest BCUT2D eigenvalue weighted by atomic mass is 9.75. The lowest BCUT2D eigenvalue weighted by molar-refractivity contribution is 0.123. The smallest absolute Gasteiger partial charge is 0.00926 e. The molecule has 2 heteroatoms. The molecule has 1 unspecified atom stereocenters. The maximum atomic E-state index is 3.66. The third-order valence-electron chi connectivity index (χ3n) is 5.17. The Labute approximate surface area is 114 Å². The lowest BCUT2D eigenvalue weighted by Crippen LogP contribution is -2.41. The van der Waals surface area contributed by atoms with Gasteiger partial charge in [-0.25, -0.2) is 0 Å². The van der Waals surface area contributed by atoms with Gasteiger partial charge in [-0.1, -0.05) is 20.3 Å². The van der Waals surface area contributed by atoms with Gasteiger partial charge in [-0.15, -0.1) is 0 Å². The number of piperidine rings is 1. The van der Waals surface area contributed by atoms with Gasteiger partial charge in [0.25, 0.3) is 0 Å². The molecule has 0 aromatic rings. The Morgan fingerprint density at radius 3 is 2.44 bits per heavy atom. The Morgan fingerprint density at radius 1 is 1.11 bits per heavy atom. The predicted molar refractivity (Wildman–Crippen MR) is 78.9 cm³/mol. The van der Waals surface area contributed by atoms with Crippen molar-refractivity contribution in [1.82, 2.24) is 10.2 Å². The van der Waals surface area contributed by atoms with Gasteiger partial charge in [-0.3, -0.25) is 0 Å². The van der Waals surface area contributed by atoms with Crippen LogP contribution in [0.1, 0.15) is 65.2 Å². The van der Waals surface area contributed by atoms with Crippen molar-refractivity contribution in [2.75, 3.05) is 20.1 Å². The normalized spacial score (nSPS) is 29.7. The molecule has 2 fully saturated rings. The Kier molecular flexibility index (Phi) is 5.08. The monoisotopic (exact) mass is 252 g/mol. The zero-order valence-corrected chi connectivity index (χ0v) is 12.7. The van der Waals surface area contributed by atoms with Crippen LogP contribution in [0.25, 0.3) is 0 Å². The molecule has 106 valence electrons. The van der Waals surface area contributed by atoms with E-state index in [1.54, 1.807) is 0 Å². The molecule has 18 heavy (non-hydrogen) atoms. The molecule has 0 radical (unpaired) electrons. The molecule has 2 nitrogen and oxygen atoms in total. The molecule has 0 aromatic carbocycles. The third-order valence-corrected chi connectivity index (χ3v) is 5.17. The second-order valence-electron chi connectivity index (χ2n) is 7.31. The lowest BCUT2D eigenvalue weighted by Gasteiger charge is -2.39. The molecule has 1 aliphatic heterocycles. The van der Waals surface area contributed by atoms with Gasteiger partial charge in [0.15, 0.2) is 0 Å². The van der Waals surface area contributed by atoms with Crippen LogP contribution < -0.4 is 5.32 Å². The fourth-order valence-electron chi connectivity index (χ4n) is 3.54. The molecular formula is C16H32N2. The summed E-state index contributed by atoms with van der Waals surface area (Å²) in [4.78, 5) is 2.63. The summed E-state index contributed by atoms with van der Waals surface area (Å²) >= 11 is 0. The highest BCUT2D eigenvalue weighted by molar-refractivity contribution is 4.83. The van der Waals surface area contributed by atoms with Gasteiger partial charge in [0.05, 0.1) is 0 Å². The summed E-state index contributed by atoms with van der Waals surface area (Å²) in [6.07, 6.45) is 11.2. The Hall–Kier alpha value is -0.0800. The van der Waals surface area contributed by atoms with Crippen LogP contribution in [-0.2, 0) is 0 Å². The molecule has 1 saturated carbocycles. The van der Waals surface area contributed by atoms with E-state index >= 15 is 0 Å². The van der Waals surface area contributed by atoms with E-state index in [1.807, 2.05) is 0 Å². The first-order valence-electron chi connectivity index (χ1n) is 8.00. The van der Waals surface area contributed by atoms with Gasteiger partial charge in [0.1, 0.15) is 0 Å². The Balaban J connectivity index is 1.66. The van der Waals surface area contributed by atoms with Crippen molar-refractivity contribution in [1.29, 1.82) is 0 Å². The summed E-state index contributed by atoms with van der Waals surface area (Å²) in [6.45, 7) is 7.37. The van der Waals surface area contributed by atoms with Gasteiger partial charge in [0.2, 0.25) is 0 Å². The summed E-state index contributed by atoms with van der Waals surface area (Å²) in [7, 11) is 2.34. The summed E-state index contributed by atoms with van der Waals surface area (Å²) in [5.74, 6) is 0. The molecule has 2 aliphatic rings. The topological polar surface area (TPSA) is 15.3 Å². The first kappa shape index (κ1) is 14.3. The van der Waals surface area contributed by atoms with Crippen LogP contribution in [0.4, 0.5) is 0 Å². The van der Waals surface area contributed by atoms with Crippen molar-refractivity contribution in [2.45, 2.75) is 77.3 Å². The minimum atomic E-state index is 0.599. The zero-order chi connectivity index (χ0) is 13.0. The van der Waals surface area contributed by atoms with Gasteiger partial charge in [-0.2, -0.15) is 0 Å². The van der Waals surface area contributed by atoms with E-state index in [0.29, 0.717) is 5.41 Å². The quantitative estimate of drug-likeness (QED) is 0.825. The molecule has 1 saturated heterocycles. The van der Waals surface area contributed by atoms with E-state index in [4.69, 9.17) is 0 Å². The van der Waals surface area contributed by atoms with E-state index in [0.717, 1.165) is 12.1 Å². The highest BCUT2D eigenvalue weighted by Gasteiger charge is 2.28. The number of nitrogens with one attached hydrogen (secondary N) is 1. The second kappa shape index (κ2) is 6.38. The SMILES string of the molecule is CN(CCC1CCCCN1)C1CCC(C)(C)CC1.